The van der Waals surface area contributed by atoms with Gasteiger partial charge in [-0.05, 0) is 18.4 Å². The fourth-order valence-corrected chi connectivity index (χ4v) is 1.14. The van der Waals surface area contributed by atoms with Crippen molar-refractivity contribution < 1.29 is 5.11 Å². The Bertz CT molecular complexity index is 216. The molecule has 0 bridgehead atoms. The summed E-state index contributed by atoms with van der Waals surface area (Å²) in [5, 5.41) is 9.19. The first-order valence-corrected chi connectivity index (χ1v) is 4.76. The highest BCUT2D eigenvalue weighted by Gasteiger charge is 2.03. The molecule has 0 radical (unpaired) electrons. The quantitative estimate of drug-likeness (QED) is 0.376. The van der Waals surface area contributed by atoms with E-state index in [4.69, 9.17) is 6.42 Å². The van der Waals surface area contributed by atoms with Gasteiger partial charge in [0.1, 0.15) is 6.10 Å². The zero-order valence-electron chi connectivity index (χ0n) is 8.34. The van der Waals surface area contributed by atoms with Crippen molar-refractivity contribution >= 4 is 0 Å². The Morgan fingerprint density at radius 3 is 2.69 bits per heavy atom. The van der Waals surface area contributed by atoms with E-state index in [0.29, 0.717) is 6.42 Å². The smallest absolute Gasteiger partial charge is 0.118 e. The van der Waals surface area contributed by atoms with Gasteiger partial charge in [0.05, 0.1) is 0 Å². The van der Waals surface area contributed by atoms with E-state index >= 15 is 0 Å². The summed E-state index contributed by atoms with van der Waals surface area (Å²) >= 11 is 0. The standard InChI is InChI=1S/C12H18O/c1-4-7-8-9-11(5-2)10-12(13)6-3/h3,12-13H,2,4,7-10H2,1H3. The second-order valence-corrected chi connectivity index (χ2v) is 3.12. The monoisotopic (exact) mass is 178 g/mol. The van der Waals surface area contributed by atoms with Crippen molar-refractivity contribution in [2.75, 3.05) is 0 Å². The number of unbranched alkanes of at least 4 members (excludes halogenated alkanes) is 2. The molecule has 0 aliphatic heterocycles. The van der Waals surface area contributed by atoms with Crippen molar-refractivity contribution in [2.45, 2.75) is 45.1 Å². The largest absolute Gasteiger partial charge is 0.380 e. The summed E-state index contributed by atoms with van der Waals surface area (Å²) < 4.78 is 0. The molecule has 0 aromatic rings. The van der Waals surface area contributed by atoms with Crippen molar-refractivity contribution in [1.29, 1.82) is 0 Å². The minimum Gasteiger partial charge on any atom is -0.380 e. The van der Waals surface area contributed by atoms with E-state index < -0.39 is 6.10 Å². The molecule has 72 valence electrons. The van der Waals surface area contributed by atoms with Crippen LogP contribution in [-0.2, 0) is 0 Å². The molecule has 0 heterocycles. The normalized spacial score (nSPS) is 11.5. The lowest BCUT2D eigenvalue weighted by Crippen LogP contribution is -2.03. The molecule has 1 heteroatoms. The maximum Gasteiger partial charge on any atom is 0.118 e. The van der Waals surface area contributed by atoms with Crippen LogP contribution in [0.1, 0.15) is 39.0 Å². The molecule has 13 heavy (non-hydrogen) atoms. The topological polar surface area (TPSA) is 20.2 Å². The first-order valence-electron chi connectivity index (χ1n) is 4.76. The molecular weight excluding hydrogens is 160 g/mol. The molecule has 1 atom stereocenters. The molecule has 0 aromatic carbocycles. The van der Waals surface area contributed by atoms with E-state index in [1.165, 1.54) is 12.8 Å². The van der Waals surface area contributed by atoms with E-state index in [-0.39, 0.29) is 0 Å². The van der Waals surface area contributed by atoms with Crippen LogP contribution in [0.25, 0.3) is 0 Å². The van der Waals surface area contributed by atoms with Crippen LogP contribution in [0.2, 0.25) is 0 Å². The Kier molecular flexibility index (Phi) is 7.11. The maximum atomic E-state index is 9.19. The number of hydrogen-bond donors (Lipinski definition) is 1. The summed E-state index contributed by atoms with van der Waals surface area (Å²) in [4.78, 5) is 0. The van der Waals surface area contributed by atoms with Crippen LogP contribution in [0.5, 0.6) is 0 Å². The highest BCUT2D eigenvalue weighted by Crippen LogP contribution is 2.12. The van der Waals surface area contributed by atoms with Crippen molar-refractivity contribution in [3.63, 3.8) is 0 Å². The van der Waals surface area contributed by atoms with Crippen LogP contribution in [0.3, 0.4) is 0 Å². The lowest BCUT2D eigenvalue weighted by Gasteiger charge is -2.05. The number of hydrogen-bond acceptors (Lipinski definition) is 1. The van der Waals surface area contributed by atoms with Gasteiger partial charge in [0, 0.05) is 6.42 Å². The predicted octanol–water partition coefficient (Wildman–Crippen LogP) is 2.66. The van der Waals surface area contributed by atoms with Crippen LogP contribution < -0.4 is 0 Å². The molecular formula is C12H18O. The Morgan fingerprint density at radius 2 is 2.23 bits per heavy atom. The third kappa shape index (κ3) is 6.22. The fourth-order valence-electron chi connectivity index (χ4n) is 1.14. The summed E-state index contributed by atoms with van der Waals surface area (Å²) in [6, 6.07) is 0. The summed E-state index contributed by atoms with van der Waals surface area (Å²) in [5.74, 6) is 2.29. The highest BCUT2D eigenvalue weighted by atomic mass is 16.3. The molecule has 0 amide bonds. The van der Waals surface area contributed by atoms with Crippen LogP contribution in [0.4, 0.5) is 0 Å². The van der Waals surface area contributed by atoms with Gasteiger partial charge < -0.3 is 5.11 Å². The molecule has 0 spiro atoms. The van der Waals surface area contributed by atoms with Gasteiger partial charge in [-0.1, -0.05) is 32.3 Å². The Morgan fingerprint density at radius 1 is 1.54 bits per heavy atom. The second-order valence-electron chi connectivity index (χ2n) is 3.12. The number of aliphatic hydroxyl groups is 1. The average Bonchev–Trinajstić information content (AvgIpc) is 2.16. The zero-order chi connectivity index (χ0) is 10.1. The lowest BCUT2D eigenvalue weighted by molar-refractivity contribution is 0.232. The lowest BCUT2D eigenvalue weighted by atomic mass is 10.0. The number of rotatable bonds is 6. The summed E-state index contributed by atoms with van der Waals surface area (Å²) in [6.45, 7) is 5.75. The van der Waals surface area contributed by atoms with Gasteiger partial charge in [0.25, 0.3) is 0 Å². The van der Waals surface area contributed by atoms with Crippen molar-refractivity contribution in [3.8, 4) is 12.3 Å². The second kappa shape index (κ2) is 7.68. The SMILES string of the molecule is C#CC(O)CC(=C=C)CCCCC. The van der Waals surface area contributed by atoms with E-state index in [1.807, 2.05) is 0 Å². The molecule has 0 aliphatic rings. The Hall–Kier alpha value is -0.960. The van der Waals surface area contributed by atoms with Gasteiger partial charge in [-0.2, -0.15) is 0 Å². The Balaban J connectivity index is 3.80. The van der Waals surface area contributed by atoms with Gasteiger partial charge in [0.2, 0.25) is 0 Å². The molecule has 0 fully saturated rings. The van der Waals surface area contributed by atoms with Crippen LogP contribution in [0, 0.1) is 12.3 Å². The van der Waals surface area contributed by atoms with Crippen molar-refractivity contribution in [2.24, 2.45) is 0 Å². The van der Waals surface area contributed by atoms with Gasteiger partial charge in [-0.3, -0.25) is 0 Å². The average molecular weight is 178 g/mol. The molecule has 0 saturated heterocycles. The molecule has 0 aromatic heterocycles. The molecule has 0 rings (SSSR count). The van der Waals surface area contributed by atoms with Crippen LogP contribution >= 0.6 is 0 Å². The summed E-state index contributed by atoms with van der Waals surface area (Å²) in [5.41, 5.74) is 3.88. The highest BCUT2D eigenvalue weighted by molar-refractivity contribution is 5.07. The first kappa shape index (κ1) is 12.0. The first-order chi connectivity index (χ1) is 6.24. The third-order valence-corrected chi connectivity index (χ3v) is 1.96. The maximum absolute atomic E-state index is 9.19. The molecule has 0 aliphatic carbocycles. The number of terminal acetylenes is 1. The van der Waals surface area contributed by atoms with Gasteiger partial charge in [-0.25, -0.2) is 0 Å². The van der Waals surface area contributed by atoms with Crippen LogP contribution in [-0.4, -0.2) is 11.2 Å². The summed E-state index contributed by atoms with van der Waals surface area (Å²) in [6.07, 6.45) is 9.40. The molecule has 0 saturated carbocycles. The molecule has 1 N–H and O–H groups in total. The van der Waals surface area contributed by atoms with E-state index in [1.54, 1.807) is 0 Å². The fraction of sp³-hybridized carbons (Fsp3) is 0.583. The number of aliphatic hydroxyl groups excluding tert-OH is 1. The van der Waals surface area contributed by atoms with Crippen molar-refractivity contribution in [1.82, 2.24) is 0 Å². The minimum atomic E-state index is -0.675. The van der Waals surface area contributed by atoms with Crippen molar-refractivity contribution in [3.05, 3.63) is 17.9 Å². The van der Waals surface area contributed by atoms with E-state index in [0.717, 1.165) is 18.4 Å². The predicted molar refractivity (Wildman–Crippen MR) is 56.3 cm³/mol. The van der Waals surface area contributed by atoms with Gasteiger partial charge in [-0.15, -0.1) is 12.2 Å². The van der Waals surface area contributed by atoms with E-state index in [2.05, 4.69) is 25.2 Å². The minimum absolute atomic E-state index is 0.518. The molecule has 1 unspecified atom stereocenters. The van der Waals surface area contributed by atoms with Gasteiger partial charge in [0.15, 0.2) is 0 Å². The summed E-state index contributed by atoms with van der Waals surface area (Å²) in [7, 11) is 0. The van der Waals surface area contributed by atoms with Crippen LogP contribution in [0.15, 0.2) is 17.9 Å². The molecule has 1 nitrogen and oxygen atoms in total. The Labute approximate surface area is 81.2 Å². The third-order valence-electron chi connectivity index (χ3n) is 1.96. The van der Waals surface area contributed by atoms with E-state index in [9.17, 15) is 5.11 Å². The zero-order valence-corrected chi connectivity index (χ0v) is 8.34. The van der Waals surface area contributed by atoms with Gasteiger partial charge >= 0.3 is 0 Å².